The molecule has 0 aliphatic carbocycles. The zero-order chi connectivity index (χ0) is 13.0. The highest BCUT2D eigenvalue weighted by Crippen LogP contribution is 2.16. The molecule has 0 aliphatic heterocycles. The number of aromatic nitrogens is 1. The zero-order valence-corrected chi connectivity index (χ0v) is 9.93. The number of nitriles is 1. The summed E-state index contributed by atoms with van der Waals surface area (Å²) in [4.78, 5) is 14.6. The molecule has 4 heteroatoms. The Morgan fingerprint density at radius 1 is 1.50 bits per heavy atom. The molecule has 0 saturated carbocycles. The van der Waals surface area contributed by atoms with Gasteiger partial charge in [-0.1, -0.05) is 6.07 Å². The third-order valence-electron chi connectivity index (χ3n) is 2.50. The van der Waals surface area contributed by atoms with E-state index in [1.165, 1.54) is 6.08 Å². The Hall–Kier alpha value is -2.54. The Morgan fingerprint density at radius 2 is 2.33 bits per heavy atom. The topological polar surface area (TPSA) is 65.9 Å². The Kier molecular flexibility index (Phi) is 3.44. The number of ether oxygens (including phenoxy) is 1. The average Bonchev–Trinajstić information content (AvgIpc) is 2.83. The second kappa shape index (κ2) is 5.19. The minimum atomic E-state index is -0.589. The number of H-pyrrole nitrogens is 1. The van der Waals surface area contributed by atoms with E-state index in [1.54, 1.807) is 6.92 Å². The molecule has 1 N–H and O–H groups in total. The van der Waals surface area contributed by atoms with E-state index >= 15 is 0 Å². The summed E-state index contributed by atoms with van der Waals surface area (Å²) < 4.78 is 4.80. The van der Waals surface area contributed by atoms with E-state index in [9.17, 15) is 4.79 Å². The summed E-state index contributed by atoms with van der Waals surface area (Å²) in [5.74, 6) is -0.589. The number of esters is 1. The number of nitrogens with one attached hydrogen (secondary N) is 1. The quantitative estimate of drug-likeness (QED) is 0.509. The molecule has 1 aromatic carbocycles. The van der Waals surface area contributed by atoms with Crippen LogP contribution in [0.25, 0.3) is 17.0 Å². The molecule has 0 radical (unpaired) electrons. The molecule has 2 aromatic rings. The van der Waals surface area contributed by atoms with Crippen molar-refractivity contribution >= 4 is 22.9 Å². The maximum absolute atomic E-state index is 11.5. The van der Waals surface area contributed by atoms with Crippen LogP contribution in [-0.4, -0.2) is 17.6 Å². The lowest BCUT2D eigenvalue weighted by Gasteiger charge is -2.00. The van der Waals surface area contributed by atoms with Crippen LogP contribution in [0.4, 0.5) is 0 Å². The highest BCUT2D eigenvalue weighted by atomic mass is 16.5. The van der Waals surface area contributed by atoms with E-state index in [0.717, 1.165) is 16.5 Å². The van der Waals surface area contributed by atoms with Gasteiger partial charge in [-0.05, 0) is 42.1 Å². The first-order chi connectivity index (χ1) is 8.74. The van der Waals surface area contributed by atoms with Crippen LogP contribution in [0.5, 0.6) is 0 Å². The number of carbonyl (C=O) groups excluding carboxylic acids is 1. The molecular formula is C14H12N2O2. The monoisotopic (exact) mass is 240 g/mol. The van der Waals surface area contributed by atoms with Gasteiger partial charge in [-0.2, -0.15) is 5.26 Å². The van der Waals surface area contributed by atoms with Gasteiger partial charge < -0.3 is 9.72 Å². The minimum absolute atomic E-state index is 0.00624. The van der Waals surface area contributed by atoms with Gasteiger partial charge in [0.15, 0.2) is 0 Å². The van der Waals surface area contributed by atoms with Gasteiger partial charge in [-0.25, -0.2) is 4.79 Å². The van der Waals surface area contributed by atoms with Crippen LogP contribution >= 0.6 is 0 Å². The molecule has 4 nitrogen and oxygen atoms in total. The van der Waals surface area contributed by atoms with Crippen LogP contribution in [0.2, 0.25) is 0 Å². The predicted octanol–water partition coefficient (Wildman–Crippen LogP) is 2.64. The third-order valence-corrected chi connectivity index (χ3v) is 2.50. The molecule has 0 spiro atoms. The smallest absolute Gasteiger partial charge is 0.348 e. The van der Waals surface area contributed by atoms with Crippen LogP contribution in [0.15, 0.2) is 36.0 Å². The summed E-state index contributed by atoms with van der Waals surface area (Å²) in [6, 6.07) is 9.44. The first-order valence-corrected chi connectivity index (χ1v) is 5.60. The first kappa shape index (κ1) is 11.9. The normalized spacial score (nSPS) is 11.2. The molecule has 0 saturated heterocycles. The SMILES string of the molecule is CCOC(=O)/C(C#N)=C\c1ccc2[nH]ccc2c1. The number of nitrogens with zero attached hydrogens (tertiary/aromatic N) is 1. The molecule has 0 atom stereocenters. The highest BCUT2D eigenvalue weighted by molar-refractivity contribution is 5.98. The largest absolute Gasteiger partial charge is 0.462 e. The van der Waals surface area contributed by atoms with E-state index < -0.39 is 5.97 Å². The fourth-order valence-corrected chi connectivity index (χ4v) is 1.67. The fourth-order valence-electron chi connectivity index (χ4n) is 1.67. The molecule has 1 heterocycles. The number of rotatable bonds is 3. The van der Waals surface area contributed by atoms with Gasteiger partial charge in [0.1, 0.15) is 11.6 Å². The van der Waals surface area contributed by atoms with Crippen LogP contribution < -0.4 is 0 Å². The molecular weight excluding hydrogens is 228 g/mol. The van der Waals surface area contributed by atoms with Crippen molar-refractivity contribution in [2.45, 2.75) is 6.92 Å². The predicted molar refractivity (Wildman–Crippen MR) is 68.5 cm³/mol. The molecule has 0 bridgehead atoms. The van der Waals surface area contributed by atoms with Crippen molar-refractivity contribution in [3.05, 3.63) is 41.6 Å². The number of hydrogen-bond donors (Lipinski definition) is 1. The standard InChI is InChI=1S/C14H12N2O2/c1-2-18-14(17)12(9-15)8-10-3-4-13-11(7-10)5-6-16-13/h3-8,16H,2H2,1H3/b12-8-. The van der Waals surface area contributed by atoms with E-state index in [0.29, 0.717) is 0 Å². The first-order valence-electron chi connectivity index (χ1n) is 5.60. The van der Waals surface area contributed by atoms with Crippen LogP contribution in [0.3, 0.4) is 0 Å². The van der Waals surface area contributed by atoms with Gasteiger partial charge in [0, 0.05) is 11.7 Å². The van der Waals surface area contributed by atoms with E-state index in [2.05, 4.69) is 4.98 Å². The second-order valence-corrected chi connectivity index (χ2v) is 3.71. The lowest BCUT2D eigenvalue weighted by Crippen LogP contribution is -2.05. The second-order valence-electron chi connectivity index (χ2n) is 3.71. The lowest BCUT2D eigenvalue weighted by atomic mass is 10.1. The van der Waals surface area contributed by atoms with Crippen LogP contribution in [0, 0.1) is 11.3 Å². The van der Waals surface area contributed by atoms with Crippen molar-refractivity contribution < 1.29 is 9.53 Å². The van der Waals surface area contributed by atoms with Crippen molar-refractivity contribution in [3.63, 3.8) is 0 Å². The lowest BCUT2D eigenvalue weighted by molar-refractivity contribution is -0.137. The average molecular weight is 240 g/mol. The van der Waals surface area contributed by atoms with Gasteiger partial charge in [0.2, 0.25) is 0 Å². The van der Waals surface area contributed by atoms with Crippen molar-refractivity contribution in [2.75, 3.05) is 6.61 Å². The van der Waals surface area contributed by atoms with Gasteiger partial charge in [0.05, 0.1) is 6.61 Å². The molecule has 1 aromatic heterocycles. The number of carbonyl (C=O) groups is 1. The summed E-state index contributed by atoms with van der Waals surface area (Å²) >= 11 is 0. The number of benzene rings is 1. The fraction of sp³-hybridized carbons (Fsp3) is 0.143. The summed E-state index contributed by atoms with van der Waals surface area (Å²) in [5.41, 5.74) is 1.82. The number of fused-ring (bicyclic) bond motifs is 1. The van der Waals surface area contributed by atoms with E-state index in [4.69, 9.17) is 10.00 Å². The molecule has 2 rings (SSSR count). The molecule has 90 valence electrons. The van der Waals surface area contributed by atoms with Crippen molar-refractivity contribution in [1.82, 2.24) is 4.98 Å². The van der Waals surface area contributed by atoms with Crippen molar-refractivity contribution in [2.24, 2.45) is 0 Å². The van der Waals surface area contributed by atoms with Crippen LogP contribution in [-0.2, 0) is 9.53 Å². The highest BCUT2D eigenvalue weighted by Gasteiger charge is 2.09. The Bertz CT molecular complexity index is 647. The van der Waals surface area contributed by atoms with Crippen molar-refractivity contribution in [1.29, 1.82) is 5.26 Å². The van der Waals surface area contributed by atoms with Gasteiger partial charge in [0.25, 0.3) is 0 Å². The summed E-state index contributed by atoms with van der Waals surface area (Å²) in [5, 5.41) is 9.96. The van der Waals surface area contributed by atoms with Gasteiger partial charge in [-0.15, -0.1) is 0 Å². The Labute approximate surface area is 104 Å². The summed E-state index contributed by atoms with van der Waals surface area (Å²) in [7, 11) is 0. The maximum Gasteiger partial charge on any atom is 0.348 e. The van der Waals surface area contributed by atoms with Crippen LogP contribution in [0.1, 0.15) is 12.5 Å². The van der Waals surface area contributed by atoms with E-state index in [1.807, 2.05) is 36.5 Å². The zero-order valence-electron chi connectivity index (χ0n) is 9.93. The Balaban J connectivity index is 2.35. The number of hydrogen-bond acceptors (Lipinski definition) is 3. The molecule has 18 heavy (non-hydrogen) atoms. The summed E-state index contributed by atoms with van der Waals surface area (Å²) in [6.45, 7) is 1.97. The van der Waals surface area contributed by atoms with Crippen molar-refractivity contribution in [3.8, 4) is 6.07 Å². The molecule has 0 fully saturated rings. The maximum atomic E-state index is 11.5. The Morgan fingerprint density at radius 3 is 3.06 bits per heavy atom. The minimum Gasteiger partial charge on any atom is -0.462 e. The van der Waals surface area contributed by atoms with E-state index in [-0.39, 0.29) is 12.2 Å². The molecule has 0 unspecified atom stereocenters. The molecule has 0 amide bonds. The summed E-state index contributed by atoms with van der Waals surface area (Å²) in [6.07, 6.45) is 3.37. The third kappa shape index (κ3) is 2.41. The number of aromatic amines is 1. The molecule has 0 aliphatic rings. The van der Waals surface area contributed by atoms with Gasteiger partial charge in [-0.3, -0.25) is 0 Å². The van der Waals surface area contributed by atoms with Gasteiger partial charge >= 0.3 is 5.97 Å².